The first-order valence-electron chi connectivity index (χ1n) is 10.9. The van der Waals surface area contributed by atoms with E-state index in [4.69, 9.17) is 9.47 Å². The molecule has 4 heteroatoms. The van der Waals surface area contributed by atoms with E-state index in [2.05, 4.69) is 43.4 Å². The maximum absolute atomic E-state index is 12.7. The van der Waals surface area contributed by atoms with Crippen LogP contribution in [0.3, 0.4) is 0 Å². The molecule has 0 saturated heterocycles. The van der Waals surface area contributed by atoms with E-state index in [9.17, 15) is 4.79 Å². The molecule has 0 bridgehead atoms. The van der Waals surface area contributed by atoms with Crippen molar-refractivity contribution in [3.05, 3.63) is 90.0 Å². The quantitative estimate of drug-likeness (QED) is 0.369. The number of aryl methyl sites for hydroxylation is 1. The van der Waals surface area contributed by atoms with Crippen LogP contribution in [0.5, 0.6) is 11.5 Å². The molecule has 3 aromatic rings. The van der Waals surface area contributed by atoms with E-state index < -0.39 is 0 Å². The summed E-state index contributed by atoms with van der Waals surface area (Å²) in [6.07, 6.45) is 2.89. The molecule has 0 aliphatic rings. The highest BCUT2D eigenvalue weighted by atomic mass is 16.5. The van der Waals surface area contributed by atoms with E-state index in [1.807, 2.05) is 42.5 Å². The molecule has 4 nitrogen and oxygen atoms in total. The molecular weight excluding hydrogens is 386 g/mol. The number of hydrogen-bond acceptors (Lipinski definition) is 3. The van der Waals surface area contributed by atoms with Crippen LogP contribution in [0.4, 0.5) is 5.69 Å². The van der Waals surface area contributed by atoms with Crippen molar-refractivity contribution in [1.82, 2.24) is 0 Å². The second kappa shape index (κ2) is 11.8. The lowest BCUT2D eigenvalue weighted by molar-refractivity contribution is 0.102. The molecule has 0 saturated carbocycles. The Labute approximate surface area is 185 Å². The fraction of sp³-hybridized carbons (Fsp3) is 0.296. The lowest BCUT2D eigenvalue weighted by atomic mass is 10.1. The number of benzene rings is 3. The first-order valence-corrected chi connectivity index (χ1v) is 10.9. The number of amides is 1. The molecule has 0 unspecified atom stereocenters. The monoisotopic (exact) mass is 417 g/mol. The van der Waals surface area contributed by atoms with Crippen LogP contribution < -0.4 is 14.8 Å². The van der Waals surface area contributed by atoms with Gasteiger partial charge >= 0.3 is 0 Å². The molecule has 31 heavy (non-hydrogen) atoms. The predicted octanol–water partition coefficient (Wildman–Crippen LogP) is 6.38. The minimum atomic E-state index is -0.171. The van der Waals surface area contributed by atoms with Gasteiger partial charge in [-0.2, -0.15) is 0 Å². The van der Waals surface area contributed by atoms with Gasteiger partial charge in [-0.05, 0) is 61.1 Å². The zero-order chi connectivity index (χ0) is 21.9. The van der Waals surface area contributed by atoms with E-state index in [1.54, 1.807) is 12.1 Å². The molecule has 1 amide bonds. The first kappa shape index (κ1) is 22.4. The highest BCUT2D eigenvalue weighted by Crippen LogP contribution is 2.20. The van der Waals surface area contributed by atoms with Crippen LogP contribution in [-0.2, 0) is 6.42 Å². The molecule has 0 spiro atoms. The van der Waals surface area contributed by atoms with Crippen molar-refractivity contribution >= 4 is 11.6 Å². The maximum Gasteiger partial charge on any atom is 0.255 e. The van der Waals surface area contributed by atoms with Gasteiger partial charge in [-0.25, -0.2) is 0 Å². The minimum Gasteiger partial charge on any atom is -0.494 e. The van der Waals surface area contributed by atoms with Gasteiger partial charge in [0, 0.05) is 17.3 Å². The number of rotatable bonds is 11. The molecule has 0 radical (unpaired) electrons. The van der Waals surface area contributed by atoms with Crippen molar-refractivity contribution < 1.29 is 14.3 Å². The summed E-state index contributed by atoms with van der Waals surface area (Å²) in [5.74, 6) is 1.87. The zero-order valence-electron chi connectivity index (χ0n) is 18.3. The van der Waals surface area contributed by atoms with Gasteiger partial charge < -0.3 is 14.8 Å². The van der Waals surface area contributed by atoms with Crippen LogP contribution in [-0.4, -0.2) is 19.1 Å². The molecule has 0 aromatic heterocycles. The summed E-state index contributed by atoms with van der Waals surface area (Å²) < 4.78 is 11.6. The van der Waals surface area contributed by atoms with Gasteiger partial charge in [0.1, 0.15) is 11.5 Å². The Morgan fingerprint density at radius 3 is 2.32 bits per heavy atom. The van der Waals surface area contributed by atoms with E-state index in [0.29, 0.717) is 36.1 Å². The molecule has 0 aliphatic carbocycles. The Bertz CT molecular complexity index is 953. The minimum absolute atomic E-state index is 0.171. The molecule has 1 N–H and O–H groups in total. The van der Waals surface area contributed by atoms with Crippen LogP contribution in [0.15, 0.2) is 78.9 Å². The van der Waals surface area contributed by atoms with Crippen molar-refractivity contribution in [1.29, 1.82) is 0 Å². The predicted molar refractivity (Wildman–Crippen MR) is 126 cm³/mol. The van der Waals surface area contributed by atoms with Gasteiger partial charge in [0.05, 0.1) is 13.2 Å². The Balaban J connectivity index is 1.50. The summed E-state index contributed by atoms with van der Waals surface area (Å²) in [5.41, 5.74) is 2.58. The molecule has 3 rings (SSSR count). The fourth-order valence-electron chi connectivity index (χ4n) is 3.12. The summed E-state index contributed by atoms with van der Waals surface area (Å²) in [7, 11) is 0. The van der Waals surface area contributed by atoms with Gasteiger partial charge in [-0.1, -0.05) is 56.3 Å². The second-order valence-corrected chi connectivity index (χ2v) is 7.98. The summed E-state index contributed by atoms with van der Waals surface area (Å²) in [6, 6.07) is 25.2. The second-order valence-electron chi connectivity index (χ2n) is 7.98. The molecule has 0 aliphatic heterocycles. The van der Waals surface area contributed by atoms with E-state index in [1.165, 1.54) is 5.56 Å². The number of carbonyl (C=O) groups is 1. The van der Waals surface area contributed by atoms with Gasteiger partial charge in [0.25, 0.3) is 5.91 Å². The Hall–Kier alpha value is -3.27. The van der Waals surface area contributed by atoms with Gasteiger partial charge in [-0.3, -0.25) is 4.79 Å². The van der Waals surface area contributed by atoms with Gasteiger partial charge in [0.15, 0.2) is 0 Å². The summed E-state index contributed by atoms with van der Waals surface area (Å²) >= 11 is 0. The van der Waals surface area contributed by atoms with Crippen molar-refractivity contribution in [2.75, 3.05) is 18.5 Å². The Kier molecular flexibility index (Phi) is 8.53. The molecule has 162 valence electrons. The highest BCUT2D eigenvalue weighted by molar-refractivity contribution is 6.04. The number of carbonyl (C=O) groups excluding carboxylic acids is 1. The average molecular weight is 418 g/mol. The molecule has 0 fully saturated rings. The Morgan fingerprint density at radius 2 is 1.55 bits per heavy atom. The third kappa shape index (κ3) is 7.82. The standard InChI is InChI=1S/C27H31NO3/c1-21(2)16-18-31-25-14-6-12-23(19-25)27(29)28-24-13-7-15-26(20-24)30-17-8-11-22-9-4-3-5-10-22/h3-7,9-10,12-15,19-21H,8,11,16-18H2,1-2H3,(H,28,29). The lowest BCUT2D eigenvalue weighted by Crippen LogP contribution is -2.12. The molecule has 0 atom stereocenters. The van der Waals surface area contributed by atoms with Crippen LogP contribution >= 0.6 is 0 Å². The third-order valence-corrected chi connectivity index (χ3v) is 4.87. The van der Waals surface area contributed by atoms with Crippen molar-refractivity contribution in [3.63, 3.8) is 0 Å². The van der Waals surface area contributed by atoms with Gasteiger partial charge in [-0.15, -0.1) is 0 Å². The summed E-state index contributed by atoms with van der Waals surface area (Å²) in [6.45, 7) is 5.59. The third-order valence-electron chi connectivity index (χ3n) is 4.87. The SMILES string of the molecule is CC(C)CCOc1cccc(C(=O)Nc2cccc(OCCCc3ccccc3)c2)c1. The van der Waals surface area contributed by atoms with E-state index in [-0.39, 0.29) is 5.91 Å². The normalized spacial score (nSPS) is 10.7. The van der Waals surface area contributed by atoms with Crippen LogP contribution in [0.1, 0.15) is 42.6 Å². The maximum atomic E-state index is 12.7. The average Bonchev–Trinajstić information content (AvgIpc) is 2.78. The smallest absolute Gasteiger partial charge is 0.255 e. The number of anilines is 1. The molecular formula is C27H31NO3. The van der Waals surface area contributed by atoms with Gasteiger partial charge in [0.2, 0.25) is 0 Å². The number of hydrogen-bond donors (Lipinski definition) is 1. The highest BCUT2D eigenvalue weighted by Gasteiger charge is 2.08. The fourth-order valence-corrected chi connectivity index (χ4v) is 3.12. The summed E-state index contributed by atoms with van der Waals surface area (Å²) in [4.78, 5) is 12.7. The van der Waals surface area contributed by atoms with Crippen molar-refractivity contribution in [2.45, 2.75) is 33.1 Å². The van der Waals surface area contributed by atoms with Crippen molar-refractivity contribution in [3.8, 4) is 11.5 Å². The van der Waals surface area contributed by atoms with Crippen molar-refractivity contribution in [2.24, 2.45) is 5.92 Å². The van der Waals surface area contributed by atoms with Crippen LogP contribution in [0, 0.1) is 5.92 Å². The summed E-state index contributed by atoms with van der Waals surface area (Å²) in [5, 5.41) is 2.94. The molecule has 3 aromatic carbocycles. The topological polar surface area (TPSA) is 47.6 Å². The molecule has 0 heterocycles. The van der Waals surface area contributed by atoms with Crippen LogP contribution in [0.25, 0.3) is 0 Å². The first-order chi connectivity index (χ1) is 15.1. The Morgan fingerprint density at radius 1 is 0.839 bits per heavy atom. The van der Waals surface area contributed by atoms with E-state index in [0.717, 1.165) is 25.0 Å². The van der Waals surface area contributed by atoms with E-state index >= 15 is 0 Å². The lowest BCUT2D eigenvalue weighted by Gasteiger charge is -2.11. The number of ether oxygens (including phenoxy) is 2. The zero-order valence-corrected chi connectivity index (χ0v) is 18.3. The number of nitrogens with one attached hydrogen (secondary N) is 1. The van der Waals surface area contributed by atoms with Crippen LogP contribution in [0.2, 0.25) is 0 Å². The largest absolute Gasteiger partial charge is 0.494 e.